The van der Waals surface area contributed by atoms with Gasteiger partial charge in [-0.2, -0.15) is 0 Å². The van der Waals surface area contributed by atoms with Crippen LogP contribution in [0.1, 0.15) is 36.7 Å². The van der Waals surface area contributed by atoms with E-state index in [9.17, 15) is 9.59 Å². The highest BCUT2D eigenvalue weighted by Crippen LogP contribution is 2.29. The molecule has 1 saturated heterocycles. The standard InChI is InChI=1S/C18H26N2O4/c1-18(2,3)13-6-7-15(23-4)14(12-13)16(21)19-8-10-20(11-9-19)17(22)24-5/h6-7,12H,8-11H2,1-5H3. The molecule has 0 spiro atoms. The lowest BCUT2D eigenvalue weighted by molar-refractivity contribution is 0.0596. The molecular formula is C18H26N2O4. The molecule has 1 aromatic rings. The predicted molar refractivity (Wildman–Crippen MR) is 91.6 cm³/mol. The number of rotatable bonds is 2. The number of nitrogens with zero attached hydrogens (tertiary/aromatic N) is 2. The van der Waals surface area contributed by atoms with E-state index in [1.807, 2.05) is 18.2 Å². The number of methoxy groups -OCH3 is 2. The second-order valence-corrected chi connectivity index (χ2v) is 6.91. The van der Waals surface area contributed by atoms with Crippen molar-refractivity contribution in [1.82, 2.24) is 9.80 Å². The zero-order valence-electron chi connectivity index (χ0n) is 15.1. The molecule has 0 atom stereocenters. The summed E-state index contributed by atoms with van der Waals surface area (Å²) in [5, 5.41) is 0. The van der Waals surface area contributed by atoms with Crippen LogP contribution in [0.15, 0.2) is 18.2 Å². The molecule has 2 rings (SSSR count). The van der Waals surface area contributed by atoms with Crippen LogP contribution in [0.3, 0.4) is 0 Å². The van der Waals surface area contributed by atoms with Crippen molar-refractivity contribution in [2.75, 3.05) is 40.4 Å². The van der Waals surface area contributed by atoms with Crippen molar-refractivity contribution in [2.24, 2.45) is 0 Å². The molecule has 0 radical (unpaired) electrons. The third kappa shape index (κ3) is 3.80. The summed E-state index contributed by atoms with van der Waals surface area (Å²) in [7, 11) is 2.93. The molecule has 24 heavy (non-hydrogen) atoms. The van der Waals surface area contributed by atoms with Crippen molar-refractivity contribution in [3.05, 3.63) is 29.3 Å². The summed E-state index contributed by atoms with van der Waals surface area (Å²) >= 11 is 0. The quantitative estimate of drug-likeness (QED) is 0.834. The van der Waals surface area contributed by atoms with E-state index in [1.54, 1.807) is 16.9 Å². The molecule has 0 bridgehead atoms. The van der Waals surface area contributed by atoms with Gasteiger partial charge >= 0.3 is 6.09 Å². The first kappa shape index (κ1) is 18.1. The normalized spacial score (nSPS) is 15.2. The summed E-state index contributed by atoms with van der Waals surface area (Å²) in [5.74, 6) is 0.505. The van der Waals surface area contributed by atoms with Crippen molar-refractivity contribution in [1.29, 1.82) is 0 Å². The second-order valence-electron chi connectivity index (χ2n) is 6.91. The van der Waals surface area contributed by atoms with Gasteiger partial charge in [0.1, 0.15) is 5.75 Å². The summed E-state index contributed by atoms with van der Waals surface area (Å²) < 4.78 is 10.1. The first-order valence-electron chi connectivity index (χ1n) is 8.08. The number of benzene rings is 1. The lowest BCUT2D eigenvalue weighted by Crippen LogP contribution is -2.50. The molecule has 0 saturated carbocycles. The largest absolute Gasteiger partial charge is 0.496 e. The first-order chi connectivity index (χ1) is 11.3. The summed E-state index contributed by atoms with van der Waals surface area (Å²) in [4.78, 5) is 27.8. The predicted octanol–water partition coefficient (Wildman–Crippen LogP) is 2.52. The highest BCUT2D eigenvalue weighted by atomic mass is 16.5. The molecule has 132 valence electrons. The number of ether oxygens (including phenoxy) is 2. The molecule has 1 fully saturated rings. The number of piperazine rings is 1. The summed E-state index contributed by atoms with van der Waals surface area (Å²) in [6.45, 7) is 8.24. The number of carbonyl (C=O) groups excluding carboxylic acids is 2. The van der Waals surface area contributed by atoms with Gasteiger partial charge in [-0.05, 0) is 23.1 Å². The first-order valence-corrected chi connectivity index (χ1v) is 8.08. The Labute approximate surface area is 143 Å². The van der Waals surface area contributed by atoms with Crippen LogP contribution in [0.2, 0.25) is 0 Å². The fourth-order valence-electron chi connectivity index (χ4n) is 2.73. The second kappa shape index (κ2) is 7.11. The number of hydrogen-bond donors (Lipinski definition) is 0. The molecule has 1 aliphatic rings. The lowest BCUT2D eigenvalue weighted by atomic mass is 9.86. The molecular weight excluding hydrogens is 308 g/mol. The van der Waals surface area contributed by atoms with Gasteiger partial charge in [-0.15, -0.1) is 0 Å². The van der Waals surface area contributed by atoms with Crippen molar-refractivity contribution in [2.45, 2.75) is 26.2 Å². The Morgan fingerprint density at radius 1 is 1.00 bits per heavy atom. The fourth-order valence-corrected chi connectivity index (χ4v) is 2.73. The van der Waals surface area contributed by atoms with Gasteiger partial charge in [0.2, 0.25) is 0 Å². The SMILES string of the molecule is COC(=O)N1CCN(C(=O)c2cc(C(C)(C)C)ccc2OC)CC1. The van der Waals surface area contributed by atoms with E-state index < -0.39 is 0 Å². The topological polar surface area (TPSA) is 59.1 Å². The maximum atomic E-state index is 12.9. The number of amides is 2. The van der Waals surface area contributed by atoms with Crippen molar-refractivity contribution >= 4 is 12.0 Å². The zero-order chi connectivity index (χ0) is 17.9. The Morgan fingerprint density at radius 3 is 2.08 bits per heavy atom. The summed E-state index contributed by atoms with van der Waals surface area (Å²) in [5.41, 5.74) is 1.60. The van der Waals surface area contributed by atoms with Crippen LogP contribution in [0, 0.1) is 0 Å². The Hall–Kier alpha value is -2.24. The molecule has 6 heteroatoms. The third-order valence-corrected chi connectivity index (χ3v) is 4.30. The maximum Gasteiger partial charge on any atom is 0.409 e. The van der Waals surface area contributed by atoms with Gasteiger partial charge in [0.05, 0.1) is 19.8 Å². The van der Waals surface area contributed by atoms with Gasteiger partial charge in [0, 0.05) is 26.2 Å². The third-order valence-electron chi connectivity index (χ3n) is 4.30. The van der Waals surface area contributed by atoms with Gasteiger partial charge in [-0.25, -0.2) is 4.79 Å². The number of hydrogen-bond acceptors (Lipinski definition) is 4. The van der Waals surface area contributed by atoms with Crippen molar-refractivity contribution < 1.29 is 19.1 Å². The highest BCUT2D eigenvalue weighted by molar-refractivity contribution is 5.97. The molecule has 0 unspecified atom stereocenters. The Bertz CT molecular complexity index is 614. The minimum Gasteiger partial charge on any atom is -0.496 e. The molecule has 1 aromatic carbocycles. The fraction of sp³-hybridized carbons (Fsp3) is 0.556. The van der Waals surface area contributed by atoms with Crippen LogP contribution in [0.5, 0.6) is 5.75 Å². The van der Waals surface area contributed by atoms with Crippen LogP contribution < -0.4 is 4.74 Å². The average molecular weight is 334 g/mol. The zero-order valence-corrected chi connectivity index (χ0v) is 15.1. The van der Waals surface area contributed by atoms with Gasteiger partial charge in [0.25, 0.3) is 5.91 Å². The Kier molecular flexibility index (Phi) is 5.36. The van der Waals surface area contributed by atoms with Crippen molar-refractivity contribution in [3.63, 3.8) is 0 Å². The van der Waals surface area contributed by atoms with E-state index in [0.29, 0.717) is 37.5 Å². The van der Waals surface area contributed by atoms with Crippen LogP contribution in [0.25, 0.3) is 0 Å². The van der Waals surface area contributed by atoms with Gasteiger partial charge in [-0.3, -0.25) is 4.79 Å². The van der Waals surface area contributed by atoms with Crippen LogP contribution >= 0.6 is 0 Å². The maximum absolute atomic E-state index is 12.9. The molecule has 2 amide bonds. The van der Waals surface area contributed by atoms with Crippen molar-refractivity contribution in [3.8, 4) is 5.75 Å². The van der Waals surface area contributed by atoms with E-state index in [0.717, 1.165) is 5.56 Å². The van der Waals surface area contributed by atoms with Gasteiger partial charge in [-0.1, -0.05) is 26.8 Å². The summed E-state index contributed by atoms with van der Waals surface area (Å²) in [6, 6.07) is 5.75. The van der Waals surface area contributed by atoms with Gasteiger partial charge < -0.3 is 19.3 Å². The smallest absolute Gasteiger partial charge is 0.409 e. The average Bonchev–Trinajstić information content (AvgIpc) is 2.59. The molecule has 0 N–H and O–H groups in total. The van der Waals surface area contributed by atoms with Gasteiger partial charge in [0.15, 0.2) is 0 Å². The van der Waals surface area contributed by atoms with E-state index in [-0.39, 0.29) is 17.4 Å². The molecule has 1 aliphatic heterocycles. The molecule has 1 heterocycles. The van der Waals surface area contributed by atoms with E-state index in [4.69, 9.17) is 9.47 Å². The van der Waals surface area contributed by atoms with Crippen LogP contribution in [0.4, 0.5) is 4.79 Å². The van der Waals surface area contributed by atoms with E-state index in [1.165, 1.54) is 7.11 Å². The lowest BCUT2D eigenvalue weighted by Gasteiger charge is -2.34. The number of carbonyl (C=O) groups is 2. The van der Waals surface area contributed by atoms with Crippen LogP contribution in [-0.2, 0) is 10.2 Å². The molecule has 0 aliphatic carbocycles. The summed E-state index contributed by atoms with van der Waals surface area (Å²) in [6.07, 6.45) is -0.352. The van der Waals surface area contributed by atoms with Crippen LogP contribution in [-0.4, -0.2) is 62.2 Å². The monoisotopic (exact) mass is 334 g/mol. The minimum atomic E-state index is -0.352. The highest BCUT2D eigenvalue weighted by Gasteiger charge is 2.27. The van der Waals surface area contributed by atoms with E-state index >= 15 is 0 Å². The minimum absolute atomic E-state index is 0.0507. The Morgan fingerprint density at radius 2 is 1.58 bits per heavy atom. The molecule has 0 aromatic heterocycles. The Balaban J connectivity index is 2.19. The molecule has 6 nitrogen and oxygen atoms in total. The van der Waals surface area contributed by atoms with E-state index in [2.05, 4.69) is 20.8 Å².